The predicted molar refractivity (Wildman–Crippen MR) is 43.5 cm³/mol. The molecule has 0 aliphatic rings. The molecule has 0 spiro atoms. The largest absolute Gasteiger partial charge is 0.397 e. The maximum absolute atomic E-state index is 8.63. The molecule has 9 heavy (non-hydrogen) atoms. The van der Waals surface area contributed by atoms with Crippen molar-refractivity contribution in [3.8, 4) is 0 Å². The first-order chi connectivity index (χ1) is 4.31. The van der Waals surface area contributed by atoms with Crippen molar-refractivity contribution in [1.82, 2.24) is 0 Å². The molecule has 0 bridgehead atoms. The van der Waals surface area contributed by atoms with Gasteiger partial charge in [0.15, 0.2) is 0 Å². The zero-order chi connectivity index (χ0) is 7.11. The van der Waals surface area contributed by atoms with Crippen LogP contribution in [0, 0.1) is 0 Å². The van der Waals surface area contributed by atoms with Crippen molar-refractivity contribution in [2.75, 3.05) is 6.61 Å². The average Bonchev–Trinajstić information content (AvgIpc) is 1.89. The molecule has 0 aliphatic carbocycles. The first-order valence-corrected chi connectivity index (χ1v) is 3.92. The van der Waals surface area contributed by atoms with Gasteiger partial charge in [-0.2, -0.15) is 0 Å². The summed E-state index contributed by atoms with van der Waals surface area (Å²) in [7, 11) is 2.09. The topological polar surface area (TPSA) is 20.2 Å². The van der Waals surface area contributed by atoms with Crippen LogP contribution < -0.4 is 0 Å². The van der Waals surface area contributed by atoms with E-state index in [4.69, 9.17) is 5.11 Å². The van der Waals surface area contributed by atoms with E-state index in [0.29, 0.717) is 12.4 Å². The third kappa shape index (κ3) is 5.90. The first-order valence-electron chi connectivity index (χ1n) is 3.92. The lowest BCUT2D eigenvalue weighted by atomic mass is 9.84. The quantitative estimate of drug-likeness (QED) is 0.432. The summed E-state index contributed by atoms with van der Waals surface area (Å²) >= 11 is 0. The third-order valence-corrected chi connectivity index (χ3v) is 1.61. The van der Waals surface area contributed by atoms with Crippen LogP contribution in [0.3, 0.4) is 0 Å². The van der Waals surface area contributed by atoms with Gasteiger partial charge in [-0.25, -0.2) is 0 Å². The molecule has 1 nitrogen and oxygen atoms in total. The Kier molecular flexibility index (Phi) is 6.17. The lowest BCUT2D eigenvalue weighted by Crippen LogP contribution is -1.97. The molecular weight excluding hydrogens is 111 g/mol. The molecule has 0 aromatic heterocycles. The van der Waals surface area contributed by atoms with Crippen molar-refractivity contribution in [2.24, 2.45) is 0 Å². The maximum Gasteiger partial charge on any atom is 0.108 e. The van der Waals surface area contributed by atoms with E-state index < -0.39 is 0 Å². The Hall–Kier alpha value is 0.0249. The van der Waals surface area contributed by atoms with Crippen molar-refractivity contribution in [3.63, 3.8) is 0 Å². The number of aliphatic hydroxyl groups is 1. The SMILES string of the molecule is B[C@@H](CO)CCCCC. The van der Waals surface area contributed by atoms with Crippen molar-refractivity contribution >= 4 is 7.85 Å². The molecule has 0 rings (SSSR count). The Labute approximate surface area is 58.9 Å². The minimum atomic E-state index is 0.351. The van der Waals surface area contributed by atoms with Crippen LogP contribution in [0.1, 0.15) is 32.6 Å². The average molecular weight is 128 g/mol. The summed E-state index contributed by atoms with van der Waals surface area (Å²) in [6.45, 7) is 2.55. The van der Waals surface area contributed by atoms with Gasteiger partial charge >= 0.3 is 0 Å². The van der Waals surface area contributed by atoms with E-state index in [1.807, 2.05) is 0 Å². The van der Waals surface area contributed by atoms with Gasteiger partial charge in [0, 0.05) is 6.61 Å². The van der Waals surface area contributed by atoms with Gasteiger partial charge in [-0.05, 0) is 5.82 Å². The molecule has 2 heteroatoms. The van der Waals surface area contributed by atoms with Crippen LogP contribution in [0.4, 0.5) is 0 Å². The molecule has 0 aliphatic heterocycles. The van der Waals surface area contributed by atoms with Gasteiger partial charge < -0.3 is 5.11 Å². The maximum atomic E-state index is 8.63. The van der Waals surface area contributed by atoms with Crippen LogP contribution in [0.25, 0.3) is 0 Å². The summed E-state index contributed by atoms with van der Waals surface area (Å²) in [6, 6.07) is 0. The highest BCUT2D eigenvalue weighted by Crippen LogP contribution is 2.09. The van der Waals surface area contributed by atoms with Crippen LogP contribution in [-0.4, -0.2) is 19.6 Å². The summed E-state index contributed by atoms with van der Waals surface area (Å²) in [6.07, 6.45) is 5.05. The van der Waals surface area contributed by atoms with E-state index in [1.165, 1.54) is 25.7 Å². The number of hydrogen-bond donors (Lipinski definition) is 1. The van der Waals surface area contributed by atoms with E-state index in [1.54, 1.807) is 0 Å². The monoisotopic (exact) mass is 128 g/mol. The Morgan fingerprint density at radius 2 is 2.11 bits per heavy atom. The normalized spacial score (nSPS) is 13.6. The summed E-state index contributed by atoms with van der Waals surface area (Å²) in [5.74, 6) is 0.511. The van der Waals surface area contributed by atoms with E-state index in [0.717, 1.165) is 0 Å². The van der Waals surface area contributed by atoms with E-state index in [2.05, 4.69) is 14.8 Å². The van der Waals surface area contributed by atoms with Gasteiger partial charge in [-0.1, -0.05) is 32.6 Å². The Balaban J connectivity index is 2.88. The molecule has 0 aromatic carbocycles. The standard InChI is InChI=1S/C7H17BO/c1-2-3-4-5-7(8)6-9/h7,9H,2-6,8H2,1H3/t7-/m1/s1. The first kappa shape index (κ1) is 9.02. The fraction of sp³-hybridized carbons (Fsp3) is 1.00. The number of rotatable bonds is 5. The van der Waals surface area contributed by atoms with E-state index in [-0.39, 0.29) is 0 Å². The van der Waals surface area contributed by atoms with Gasteiger partial charge in [-0.15, -0.1) is 0 Å². The number of hydrogen-bond acceptors (Lipinski definition) is 1. The molecule has 0 unspecified atom stereocenters. The molecule has 1 atom stereocenters. The van der Waals surface area contributed by atoms with Crippen LogP contribution >= 0.6 is 0 Å². The highest BCUT2D eigenvalue weighted by atomic mass is 16.3. The van der Waals surface area contributed by atoms with Gasteiger partial charge in [0.25, 0.3) is 0 Å². The second kappa shape index (κ2) is 6.15. The van der Waals surface area contributed by atoms with Crippen molar-refractivity contribution in [3.05, 3.63) is 0 Å². The lowest BCUT2D eigenvalue weighted by molar-refractivity contribution is 0.283. The summed E-state index contributed by atoms with van der Waals surface area (Å²) in [5, 5.41) is 8.63. The van der Waals surface area contributed by atoms with Crippen LogP contribution in [0.5, 0.6) is 0 Å². The molecule has 0 radical (unpaired) electrons. The molecule has 1 N–H and O–H groups in total. The number of unbranched alkanes of at least 4 members (excludes halogenated alkanes) is 2. The molecule has 0 amide bonds. The van der Waals surface area contributed by atoms with E-state index in [9.17, 15) is 0 Å². The molecule has 0 saturated heterocycles. The highest BCUT2D eigenvalue weighted by molar-refractivity contribution is 6.11. The second-order valence-corrected chi connectivity index (χ2v) is 2.78. The van der Waals surface area contributed by atoms with Gasteiger partial charge in [0.1, 0.15) is 7.85 Å². The molecule has 0 heterocycles. The van der Waals surface area contributed by atoms with Crippen molar-refractivity contribution in [2.45, 2.75) is 38.4 Å². The molecule has 0 fully saturated rings. The van der Waals surface area contributed by atoms with Crippen LogP contribution in [0.2, 0.25) is 5.82 Å². The lowest BCUT2D eigenvalue weighted by Gasteiger charge is -2.04. The Morgan fingerprint density at radius 3 is 2.56 bits per heavy atom. The van der Waals surface area contributed by atoms with Crippen molar-refractivity contribution in [1.29, 1.82) is 0 Å². The molecular formula is C7H17BO. The van der Waals surface area contributed by atoms with Gasteiger partial charge in [0.2, 0.25) is 0 Å². The Morgan fingerprint density at radius 1 is 1.44 bits per heavy atom. The van der Waals surface area contributed by atoms with Crippen LogP contribution in [-0.2, 0) is 0 Å². The van der Waals surface area contributed by atoms with Crippen LogP contribution in [0.15, 0.2) is 0 Å². The Bertz CT molecular complexity index is 56.9. The molecule has 0 saturated carbocycles. The van der Waals surface area contributed by atoms with Crippen molar-refractivity contribution < 1.29 is 5.11 Å². The zero-order valence-corrected chi connectivity index (χ0v) is 6.56. The highest BCUT2D eigenvalue weighted by Gasteiger charge is 1.97. The molecule has 0 aromatic rings. The smallest absolute Gasteiger partial charge is 0.108 e. The van der Waals surface area contributed by atoms with Gasteiger partial charge in [-0.3, -0.25) is 0 Å². The van der Waals surface area contributed by atoms with Gasteiger partial charge in [0.05, 0.1) is 0 Å². The number of aliphatic hydroxyl groups excluding tert-OH is 1. The fourth-order valence-corrected chi connectivity index (χ4v) is 0.834. The molecule has 54 valence electrons. The summed E-state index contributed by atoms with van der Waals surface area (Å²) < 4.78 is 0. The summed E-state index contributed by atoms with van der Waals surface area (Å²) in [5.41, 5.74) is 0. The minimum Gasteiger partial charge on any atom is -0.397 e. The zero-order valence-electron chi connectivity index (χ0n) is 6.56. The third-order valence-electron chi connectivity index (χ3n) is 1.61. The fourth-order valence-electron chi connectivity index (χ4n) is 0.834. The minimum absolute atomic E-state index is 0.351. The second-order valence-electron chi connectivity index (χ2n) is 2.78. The predicted octanol–water partition coefficient (Wildman–Crippen LogP) is 0.981. The van der Waals surface area contributed by atoms with E-state index >= 15 is 0 Å². The summed E-state index contributed by atoms with van der Waals surface area (Å²) in [4.78, 5) is 0.